The van der Waals surface area contributed by atoms with E-state index in [1.54, 1.807) is 25.1 Å². The zero-order valence-electron chi connectivity index (χ0n) is 10.2. The molecule has 0 fully saturated rings. The lowest BCUT2D eigenvalue weighted by Crippen LogP contribution is -1.99. The highest BCUT2D eigenvalue weighted by atomic mass is 19.1. The molecule has 0 aliphatic rings. The van der Waals surface area contributed by atoms with E-state index >= 15 is 0 Å². The van der Waals surface area contributed by atoms with Crippen LogP contribution in [-0.4, -0.2) is 10.1 Å². The lowest BCUT2D eigenvalue weighted by Gasteiger charge is -2.13. The van der Waals surface area contributed by atoms with Crippen molar-refractivity contribution in [1.29, 1.82) is 0 Å². The minimum atomic E-state index is -0.797. The zero-order valence-corrected chi connectivity index (χ0v) is 10.2. The second-order valence-electron chi connectivity index (χ2n) is 4.07. The molecule has 0 amide bonds. The number of hydrogen-bond acceptors (Lipinski definition) is 3. The summed E-state index contributed by atoms with van der Waals surface area (Å²) < 4.78 is 19.2. The van der Waals surface area contributed by atoms with Crippen LogP contribution < -0.4 is 4.74 Å². The lowest BCUT2D eigenvalue weighted by molar-refractivity contribution is 0.194. The first-order chi connectivity index (χ1) is 8.58. The third-order valence-corrected chi connectivity index (χ3v) is 2.55. The number of ether oxygens (including phenoxy) is 1. The normalized spacial score (nSPS) is 12.2. The Morgan fingerprint density at radius 1 is 1.28 bits per heavy atom. The Balaban J connectivity index is 2.36. The Bertz CT molecular complexity index is 538. The number of aryl methyl sites for hydroxylation is 1. The largest absolute Gasteiger partial charge is 0.452 e. The quantitative estimate of drug-likeness (QED) is 0.904. The van der Waals surface area contributed by atoms with Gasteiger partial charge in [-0.2, -0.15) is 0 Å². The van der Waals surface area contributed by atoms with E-state index in [1.807, 2.05) is 6.92 Å². The molecule has 0 saturated heterocycles. The lowest BCUT2D eigenvalue weighted by atomic mass is 10.1. The summed E-state index contributed by atoms with van der Waals surface area (Å²) in [5.41, 5.74) is 1.27. The zero-order chi connectivity index (χ0) is 13.1. The van der Waals surface area contributed by atoms with E-state index in [1.165, 1.54) is 18.3 Å². The van der Waals surface area contributed by atoms with Crippen LogP contribution in [0.1, 0.15) is 24.3 Å². The first-order valence-electron chi connectivity index (χ1n) is 5.65. The second-order valence-corrected chi connectivity index (χ2v) is 4.07. The molecule has 2 aromatic rings. The summed E-state index contributed by atoms with van der Waals surface area (Å²) in [4.78, 5) is 4.07. The van der Waals surface area contributed by atoms with Gasteiger partial charge in [-0.25, -0.2) is 4.39 Å². The van der Waals surface area contributed by atoms with Crippen LogP contribution in [0.3, 0.4) is 0 Å². The van der Waals surface area contributed by atoms with Crippen molar-refractivity contribution < 1.29 is 14.2 Å². The smallest absolute Gasteiger partial charge is 0.168 e. The molecule has 1 heterocycles. The van der Waals surface area contributed by atoms with Gasteiger partial charge in [0.2, 0.25) is 0 Å². The predicted octanol–water partition coefficient (Wildman–Crippen LogP) is 3.37. The maximum Gasteiger partial charge on any atom is 0.168 e. The third kappa shape index (κ3) is 2.65. The van der Waals surface area contributed by atoms with Crippen molar-refractivity contribution in [1.82, 2.24) is 4.98 Å². The van der Waals surface area contributed by atoms with Crippen LogP contribution in [0.15, 0.2) is 36.5 Å². The first-order valence-corrected chi connectivity index (χ1v) is 5.65. The molecule has 1 atom stereocenters. The number of aliphatic hydroxyl groups is 1. The molecule has 2 rings (SSSR count). The number of pyridine rings is 1. The first kappa shape index (κ1) is 12.5. The Hall–Kier alpha value is -1.94. The molecule has 0 unspecified atom stereocenters. The summed E-state index contributed by atoms with van der Waals surface area (Å²) in [7, 11) is 0. The molecule has 1 aromatic heterocycles. The van der Waals surface area contributed by atoms with E-state index in [2.05, 4.69) is 4.98 Å². The average Bonchev–Trinajstić information content (AvgIpc) is 2.34. The van der Waals surface area contributed by atoms with E-state index in [0.717, 1.165) is 5.69 Å². The topological polar surface area (TPSA) is 42.4 Å². The average molecular weight is 247 g/mol. The summed E-state index contributed by atoms with van der Waals surface area (Å²) in [6.45, 7) is 3.42. The van der Waals surface area contributed by atoms with Crippen LogP contribution in [-0.2, 0) is 0 Å². The summed E-state index contributed by atoms with van der Waals surface area (Å²) in [5.74, 6) is -0.0280. The molecule has 0 saturated carbocycles. The molecule has 4 heteroatoms. The van der Waals surface area contributed by atoms with Gasteiger partial charge < -0.3 is 9.84 Å². The summed E-state index contributed by atoms with van der Waals surface area (Å²) in [6.07, 6.45) is 0.724. The van der Waals surface area contributed by atoms with Crippen molar-refractivity contribution in [2.24, 2.45) is 0 Å². The van der Waals surface area contributed by atoms with Crippen molar-refractivity contribution in [2.45, 2.75) is 20.0 Å². The monoisotopic (exact) mass is 247 g/mol. The van der Waals surface area contributed by atoms with E-state index in [9.17, 15) is 9.50 Å². The van der Waals surface area contributed by atoms with Crippen LogP contribution >= 0.6 is 0 Å². The molecule has 0 radical (unpaired) electrons. The number of rotatable bonds is 3. The van der Waals surface area contributed by atoms with Gasteiger partial charge in [-0.05, 0) is 32.0 Å². The number of para-hydroxylation sites is 1. The van der Waals surface area contributed by atoms with Gasteiger partial charge in [-0.1, -0.05) is 12.1 Å². The van der Waals surface area contributed by atoms with Crippen molar-refractivity contribution in [3.8, 4) is 11.5 Å². The van der Waals surface area contributed by atoms with E-state index in [4.69, 9.17) is 4.74 Å². The van der Waals surface area contributed by atoms with Crippen LogP contribution in [0.4, 0.5) is 4.39 Å². The standard InChI is InChI=1S/C14H14FNO2/c1-9-6-7-11(8-16-9)18-14-12(10(2)17)4-3-5-13(14)15/h3-8,10,17H,1-2H3/t10-/m0/s1. The fourth-order valence-corrected chi connectivity index (χ4v) is 1.59. The molecule has 1 aromatic carbocycles. The Kier molecular flexibility index (Phi) is 3.58. The third-order valence-electron chi connectivity index (χ3n) is 2.55. The fraction of sp³-hybridized carbons (Fsp3) is 0.214. The van der Waals surface area contributed by atoms with Crippen LogP contribution in [0, 0.1) is 12.7 Å². The molecule has 94 valence electrons. The molecule has 3 nitrogen and oxygen atoms in total. The highest BCUT2D eigenvalue weighted by molar-refractivity contribution is 5.39. The Labute approximate surface area is 105 Å². The van der Waals surface area contributed by atoms with Crippen molar-refractivity contribution in [2.75, 3.05) is 0 Å². The van der Waals surface area contributed by atoms with Gasteiger partial charge >= 0.3 is 0 Å². The highest BCUT2D eigenvalue weighted by Gasteiger charge is 2.14. The van der Waals surface area contributed by atoms with Gasteiger partial charge in [0.05, 0.1) is 12.3 Å². The highest BCUT2D eigenvalue weighted by Crippen LogP contribution is 2.31. The van der Waals surface area contributed by atoms with Gasteiger partial charge in [0.25, 0.3) is 0 Å². The molecule has 0 aliphatic heterocycles. The molecule has 0 bridgehead atoms. The molecule has 0 spiro atoms. The maximum absolute atomic E-state index is 13.7. The Morgan fingerprint density at radius 2 is 2.06 bits per heavy atom. The number of benzene rings is 1. The number of aliphatic hydroxyl groups excluding tert-OH is 1. The van der Waals surface area contributed by atoms with Gasteiger partial charge in [0, 0.05) is 11.3 Å². The predicted molar refractivity (Wildman–Crippen MR) is 66.1 cm³/mol. The van der Waals surface area contributed by atoms with Crippen LogP contribution in [0.25, 0.3) is 0 Å². The number of nitrogens with zero attached hydrogens (tertiary/aromatic N) is 1. The Morgan fingerprint density at radius 3 is 2.67 bits per heavy atom. The SMILES string of the molecule is Cc1ccc(Oc2c(F)cccc2[C@H](C)O)cn1. The molecule has 18 heavy (non-hydrogen) atoms. The molecule has 0 aliphatic carbocycles. The molecular formula is C14H14FNO2. The van der Waals surface area contributed by atoms with E-state index < -0.39 is 11.9 Å². The van der Waals surface area contributed by atoms with Crippen molar-refractivity contribution in [3.05, 3.63) is 53.6 Å². The number of hydrogen-bond donors (Lipinski definition) is 1. The molecule has 1 N–H and O–H groups in total. The summed E-state index contributed by atoms with van der Waals surface area (Å²) in [5, 5.41) is 9.59. The minimum absolute atomic E-state index is 0.0400. The number of halogens is 1. The second kappa shape index (κ2) is 5.14. The molecular weight excluding hydrogens is 233 g/mol. The van der Waals surface area contributed by atoms with Gasteiger partial charge in [0.1, 0.15) is 5.75 Å². The van der Waals surface area contributed by atoms with Gasteiger partial charge in [0.15, 0.2) is 11.6 Å². The summed E-state index contributed by atoms with van der Waals surface area (Å²) >= 11 is 0. The number of aromatic nitrogens is 1. The minimum Gasteiger partial charge on any atom is -0.452 e. The fourth-order valence-electron chi connectivity index (χ4n) is 1.59. The summed E-state index contributed by atoms with van der Waals surface area (Å²) in [6, 6.07) is 7.95. The van der Waals surface area contributed by atoms with Crippen molar-refractivity contribution >= 4 is 0 Å². The maximum atomic E-state index is 13.7. The van der Waals surface area contributed by atoms with Gasteiger partial charge in [-0.3, -0.25) is 4.98 Å². The van der Waals surface area contributed by atoms with Gasteiger partial charge in [-0.15, -0.1) is 0 Å². The van der Waals surface area contributed by atoms with Crippen LogP contribution in [0.2, 0.25) is 0 Å². The van der Waals surface area contributed by atoms with E-state index in [0.29, 0.717) is 11.3 Å². The van der Waals surface area contributed by atoms with E-state index in [-0.39, 0.29) is 5.75 Å². The van der Waals surface area contributed by atoms with Crippen molar-refractivity contribution in [3.63, 3.8) is 0 Å². The van der Waals surface area contributed by atoms with Crippen LogP contribution in [0.5, 0.6) is 11.5 Å².